The Morgan fingerprint density at radius 2 is 1.94 bits per heavy atom. The van der Waals surface area contributed by atoms with E-state index >= 15 is 0 Å². The molecular weight excluding hydrogens is 416 g/mol. The summed E-state index contributed by atoms with van der Waals surface area (Å²) in [5, 5.41) is 3.34. The molecule has 1 aromatic carbocycles. The van der Waals surface area contributed by atoms with E-state index in [9.17, 15) is 13.2 Å². The molecule has 2 heterocycles. The van der Waals surface area contributed by atoms with Gasteiger partial charge in [-0.15, -0.1) is 0 Å². The van der Waals surface area contributed by atoms with Crippen LogP contribution >= 0.6 is 0 Å². The van der Waals surface area contributed by atoms with Crippen LogP contribution in [-0.4, -0.2) is 32.2 Å². The highest BCUT2D eigenvalue weighted by Crippen LogP contribution is 2.30. The number of anilines is 1. The number of hydrogen-bond acceptors (Lipinski definition) is 6. The SMILES string of the molecule is CS(=O)(=O)Cc1c(C(=O)Nc2ncccc2OCC2CCCCC2)oc2ccccc12. The minimum atomic E-state index is -3.38. The van der Waals surface area contributed by atoms with E-state index in [-0.39, 0.29) is 17.3 Å². The predicted octanol–water partition coefficient (Wildman–Crippen LogP) is 4.58. The van der Waals surface area contributed by atoms with Crippen LogP contribution in [0.3, 0.4) is 0 Å². The van der Waals surface area contributed by atoms with Crippen LogP contribution in [0.5, 0.6) is 5.75 Å². The minimum absolute atomic E-state index is 0.0319. The van der Waals surface area contributed by atoms with Crippen molar-refractivity contribution >= 4 is 32.5 Å². The number of hydrogen-bond donors (Lipinski definition) is 1. The van der Waals surface area contributed by atoms with Crippen LogP contribution in [0.25, 0.3) is 11.0 Å². The number of benzene rings is 1. The average Bonchev–Trinajstić information content (AvgIpc) is 3.11. The molecule has 0 atom stereocenters. The van der Waals surface area contributed by atoms with E-state index in [1.807, 2.05) is 0 Å². The van der Waals surface area contributed by atoms with Crippen molar-refractivity contribution in [3.63, 3.8) is 0 Å². The maximum absolute atomic E-state index is 13.1. The van der Waals surface area contributed by atoms with Crippen LogP contribution in [0.2, 0.25) is 0 Å². The minimum Gasteiger partial charge on any atom is -0.489 e. The first-order valence-electron chi connectivity index (χ1n) is 10.5. The molecule has 164 valence electrons. The molecule has 0 spiro atoms. The molecule has 0 unspecified atom stereocenters. The highest BCUT2D eigenvalue weighted by atomic mass is 32.2. The smallest absolute Gasteiger partial charge is 0.292 e. The fourth-order valence-electron chi connectivity index (χ4n) is 4.01. The molecular formula is C23H26N2O5S. The van der Waals surface area contributed by atoms with Gasteiger partial charge in [0.15, 0.2) is 27.2 Å². The highest BCUT2D eigenvalue weighted by molar-refractivity contribution is 7.89. The Balaban J connectivity index is 1.57. The van der Waals surface area contributed by atoms with Gasteiger partial charge in [0.2, 0.25) is 0 Å². The Bertz CT molecular complexity index is 1180. The van der Waals surface area contributed by atoms with Crippen molar-refractivity contribution in [1.29, 1.82) is 0 Å². The van der Waals surface area contributed by atoms with Crippen LogP contribution in [0.15, 0.2) is 47.0 Å². The number of para-hydroxylation sites is 1. The third-order valence-electron chi connectivity index (χ3n) is 5.51. The van der Waals surface area contributed by atoms with Crippen LogP contribution < -0.4 is 10.1 Å². The lowest BCUT2D eigenvalue weighted by molar-refractivity contribution is 0.0996. The lowest BCUT2D eigenvalue weighted by atomic mass is 9.90. The van der Waals surface area contributed by atoms with Crippen LogP contribution in [0.1, 0.15) is 48.2 Å². The fourth-order valence-corrected chi connectivity index (χ4v) is 4.83. The van der Waals surface area contributed by atoms with Gasteiger partial charge >= 0.3 is 0 Å². The Kier molecular flexibility index (Phi) is 6.27. The molecule has 0 radical (unpaired) electrons. The van der Waals surface area contributed by atoms with Crippen molar-refractivity contribution < 1.29 is 22.4 Å². The van der Waals surface area contributed by atoms with Gasteiger partial charge in [-0.05, 0) is 37.0 Å². The van der Waals surface area contributed by atoms with E-state index in [1.54, 1.807) is 42.6 Å². The number of sulfone groups is 1. The van der Waals surface area contributed by atoms with Gasteiger partial charge in [0, 0.05) is 23.4 Å². The quantitative estimate of drug-likeness (QED) is 0.575. The summed E-state index contributed by atoms with van der Waals surface area (Å²) in [6.07, 6.45) is 8.72. The molecule has 0 bridgehead atoms. The van der Waals surface area contributed by atoms with E-state index in [2.05, 4.69) is 10.3 Å². The molecule has 7 nitrogen and oxygen atoms in total. The summed E-state index contributed by atoms with van der Waals surface area (Å²) < 4.78 is 35.6. The van der Waals surface area contributed by atoms with E-state index in [1.165, 1.54) is 19.3 Å². The van der Waals surface area contributed by atoms with Crippen molar-refractivity contribution in [2.24, 2.45) is 5.92 Å². The van der Waals surface area contributed by atoms with Crippen molar-refractivity contribution in [2.75, 3.05) is 18.2 Å². The second-order valence-corrected chi connectivity index (χ2v) is 10.2. The monoisotopic (exact) mass is 442 g/mol. The van der Waals surface area contributed by atoms with Gasteiger partial charge in [0.05, 0.1) is 12.4 Å². The zero-order valence-electron chi connectivity index (χ0n) is 17.5. The molecule has 4 rings (SSSR count). The first-order valence-corrected chi connectivity index (χ1v) is 12.5. The zero-order valence-corrected chi connectivity index (χ0v) is 18.3. The molecule has 1 aliphatic rings. The number of rotatable bonds is 7. The Morgan fingerprint density at radius 3 is 2.71 bits per heavy atom. The highest BCUT2D eigenvalue weighted by Gasteiger charge is 2.24. The standard InChI is InChI=1S/C23H26N2O5S/c1-31(27,28)15-18-17-10-5-6-11-19(17)30-21(18)23(26)25-22-20(12-7-13-24-22)29-14-16-8-3-2-4-9-16/h5-7,10-13,16H,2-4,8-9,14-15H2,1H3,(H,24,25,26). The lowest BCUT2D eigenvalue weighted by Gasteiger charge is -2.22. The normalized spacial score (nSPS) is 15.1. The van der Waals surface area contributed by atoms with Gasteiger partial charge in [0.25, 0.3) is 5.91 Å². The number of fused-ring (bicyclic) bond motifs is 1. The van der Waals surface area contributed by atoms with Crippen molar-refractivity contribution in [3.8, 4) is 5.75 Å². The number of carbonyl (C=O) groups excluding carboxylic acids is 1. The summed E-state index contributed by atoms with van der Waals surface area (Å²) in [7, 11) is -3.38. The van der Waals surface area contributed by atoms with Gasteiger partial charge in [-0.1, -0.05) is 37.5 Å². The largest absolute Gasteiger partial charge is 0.489 e. The number of amides is 1. The number of pyridine rings is 1. The van der Waals surface area contributed by atoms with Gasteiger partial charge < -0.3 is 14.5 Å². The number of nitrogens with zero attached hydrogens (tertiary/aromatic N) is 1. The molecule has 1 saturated carbocycles. The predicted molar refractivity (Wildman–Crippen MR) is 119 cm³/mol. The first kappa shape index (κ1) is 21.4. The molecule has 8 heteroatoms. The summed E-state index contributed by atoms with van der Waals surface area (Å²) in [4.78, 5) is 17.3. The lowest BCUT2D eigenvalue weighted by Crippen LogP contribution is -2.18. The van der Waals surface area contributed by atoms with E-state index < -0.39 is 15.7 Å². The van der Waals surface area contributed by atoms with Crippen LogP contribution in [0.4, 0.5) is 5.82 Å². The molecule has 2 aromatic heterocycles. The van der Waals surface area contributed by atoms with Gasteiger partial charge in [-0.25, -0.2) is 13.4 Å². The van der Waals surface area contributed by atoms with E-state index in [0.717, 1.165) is 19.1 Å². The topological polar surface area (TPSA) is 98.5 Å². The molecule has 1 fully saturated rings. The molecule has 1 aliphatic carbocycles. The maximum atomic E-state index is 13.1. The van der Waals surface area contributed by atoms with E-state index in [0.29, 0.717) is 34.8 Å². The van der Waals surface area contributed by atoms with Gasteiger partial charge in [-0.2, -0.15) is 0 Å². The molecule has 0 aliphatic heterocycles. The van der Waals surface area contributed by atoms with Crippen molar-refractivity contribution in [1.82, 2.24) is 4.98 Å². The number of nitrogens with one attached hydrogen (secondary N) is 1. The molecule has 31 heavy (non-hydrogen) atoms. The molecule has 0 saturated heterocycles. The average molecular weight is 443 g/mol. The Labute approximate surface area is 181 Å². The first-order chi connectivity index (χ1) is 14.9. The van der Waals surface area contributed by atoms with Gasteiger partial charge in [-0.3, -0.25) is 4.79 Å². The Morgan fingerprint density at radius 1 is 1.16 bits per heavy atom. The molecule has 1 N–H and O–H groups in total. The maximum Gasteiger partial charge on any atom is 0.292 e. The van der Waals surface area contributed by atoms with Crippen molar-refractivity contribution in [3.05, 3.63) is 53.9 Å². The van der Waals surface area contributed by atoms with Crippen LogP contribution in [-0.2, 0) is 15.6 Å². The molecule has 3 aromatic rings. The second-order valence-electron chi connectivity index (χ2n) is 8.10. The van der Waals surface area contributed by atoms with E-state index in [4.69, 9.17) is 9.15 Å². The number of aromatic nitrogens is 1. The summed E-state index contributed by atoms with van der Waals surface area (Å²) in [6, 6.07) is 10.5. The summed E-state index contributed by atoms with van der Waals surface area (Å²) in [6.45, 7) is 0.582. The number of carbonyl (C=O) groups is 1. The number of furan rings is 1. The summed E-state index contributed by atoms with van der Waals surface area (Å²) >= 11 is 0. The Hall–Kier alpha value is -2.87. The molecule has 1 amide bonds. The third kappa shape index (κ3) is 5.25. The third-order valence-corrected chi connectivity index (χ3v) is 6.33. The summed E-state index contributed by atoms with van der Waals surface area (Å²) in [5.41, 5.74) is 0.803. The summed E-state index contributed by atoms with van der Waals surface area (Å²) in [5.74, 6) is 0.400. The van der Waals surface area contributed by atoms with Gasteiger partial charge in [0.1, 0.15) is 5.58 Å². The van der Waals surface area contributed by atoms with Crippen molar-refractivity contribution in [2.45, 2.75) is 37.9 Å². The fraction of sp³-hybridized carbons (Fsp3) is 0.391. The number of ether oxygens (including phenoxy) is 1. The van der Waals surface area contributed by atoms with Crippen LogP contribution in [0, 0.1) is 5.92 Å². The second kappa shape index (κ2) is 9.09. The zero-order chi connectivity index (χ0) is 21.8.